The van der Waals surface area contributed by atoms with E-state index >= 15 is 0 Å². The van der Waals surface area contributed by atoms with Crippen molar-refractivity contribution in [1.82, 2.24) is 0 Å². The van der Waals surface area contributed by atoms with Gasteiger partial charge in [0.1, 0.15) is 18.5 Å². The molecular formula is C22H27NO7. The summed E-state index contributed by atoms with van der Waals surface area (Å²) in [6.07, 6.45) is -1.86. The Bertz CT molecular complexity index is 822. The first-order valence-electron chi connectivity index (χ1n) is 9.54. The lowest BCUT2D eigenvalue weighted by atomic mass is 10.0. The molecule has 0 bridgehead atoms. The predicted octanol–water partition coefficient (Wildman–Crippen LogP) is 2.95. The highest BCUT2D eigenvalue weighted by atomic mass is 16.6. The van der Waals surface area contributed by atoms with Crippen molar-refractivity contribution >= 4 is 17.6 Å². The minimum Gasteiger partial charge on any atom is -0.491 e. The fourth-order valence-electron chi connectivity index (χ4n) is 2.87. The highest BCUT2D eigenvalue weighted by Gasteiger charge is 2.27. The maximum absolute atomic E-state index is 12.5. The van der Waals surface area contributed by atoms with Crippen LogP contribution in [0, 0.1) is 0 Å². The molecule has 0 aliphatic carbocycles. The van der Waals surface area contributed by atoms with E-state index in [1.54, 1.807) is 48.5 Å². The molecule has 0 fully saturated rings. The minimum atomic E-state index is -0.809. The van der Waals surface area contributed by atoms with Gasteiger partial charge in [0.05, 0.1) is 6.61 Å². The van der Waals surface area contributed by atoms with Crippen molar-refractivity contribution < 1.29 is 34.0 Å². The number of carbonyl (C=O) groups excluding carboxylic acids is 2. The zero-order valence-electron chi connectivity index (χ0n) is 17.0. The number of methoxy groups -OCH3 is 1. The quantitative estimate of drug-likeness (QED) is 0.482. The van der Waals surface area contributed by atoms with Gasteiger partial charge in [-0.25, -0.2) is 4.79 Å². The number of Topliss-reactive ketones (excluding diaryl/α,β-unsaturated/α-hetero) is 1. The third-order valence-electron chi connectivity index (χ3n) is 4.37. The van der Waals surface area contributed by atoms with E-state index in [1.807, 2.05) is 0 Å². The Balaban J connectivity index is 2.18. The van der Waals surface area contributed by atoms with Crippen molar-refractivity contribution in [3.05, 3.63) is 59.7 Å². The summed E-state index contributed by atoms with van der Waals surface area (Å²) in [5, 5.41) is 20.9. The number of aliphatic hydroxyl groups is 2. The zero-order valence-corrected chi connectivity index (χ0v) is 17.0. The molecule has 3 N–H and O–H groups in total. The normalized spacial score (nSPS) is 12.7. The van der Waals surface area contributed by atoms with E-state index in [-0.39, 0.29) is 32.0 Å². The Morgan fingerprint density at radius 2 is 1.80 bits per heavy atom. The van der Waals surface area contributed by atoms with Gasteiger partial charge < -0.3 is 24.4 Å². The van der Waals surface area contributed by atoms with Crippen molar-refractivity contribution in [3.63, 3.8) is 0 Å². The SMILES string of the molecule is CO[C@H](CCO)[C@H](OC(=O)Nc1ccc(C(C)=O)cc1)c1cccc(OCCO)c1. The van der Waals surface area contributed by atoms with Crippen LogP contribution in [0.3, 0.4) is 0 Å². The molecule has 0 unspecified atom stereocenters. The van der Waals surface area contributed by atoms with Gasteiger partial charge in [-0.1, -0.05) is 12.1 Å². The third kappa shape index (κ3) is 6.84. The first-order chi connectivity index (χ1) is 14.5. The number of hydrogen-bond donors (Lipinski definition) is 3. The number of aliphatic hydroxyl groups excluding tert-OH is 2. The molecule has 0 spiro atoms. The average molecular weight is 417 g/mol. The van der Waals surface area contributed by atoms with Gasteiger partial charge in [-0.2, -0.15) is 0 Å². The van der Waals surface area contributed by atoms with Crippen molar-refractivity contribution in [2.24, 2.45) is 0 Å². The summed E-state index contributed by atoms with van der Waals surface area (Å²) >= 11 is 0. The lowest BCUT2D eigenvalue weighted by molar-refractivity contribution is -0.0306. The molecule has 30 heavy (non-hydrogen) atoms. The van der Waals surface area contributed by atoms with E-state index < -0.39 is 18.3 Å². The van der Waals surface area contributed by atoms with Gasteiger partial charge in [-0.15, -0.1) is 0 Å². The van der Waals surface area contributed by atoms with Crippen LogP contribution in [-0.2, 0) is 9.47 Å². The molecule has 2 aromatic carbocycles. The number of hydrogen-bond acceptors (Lipinski definition) is 7. The van der Waals surface area contributed by atoms with E-state index in [0.717, 1.165) is 0 Å². The Morgan fingerprint density at radius 3 is 2.40 bits per heavy atom. The number of anilines is 1. The summed E-state index contributed by atoms with van der Waals surface area (Å²) in [5.41, 5.74) is 1.63. The smallest absolute Gasteiger partial charge is 0.412 e. The van der Waals surface area contributed by atoms with Gasteiger partial charge in [0, 0.05) is 31.4 Å². The van der Waals surface area contributed by atoms with Crippen LogP contribution in [0.25, 0.3) is 0 Å². The number of ketones is 1. The molecule has 8 heteroatoms. The monoisotopic (exact) mass is 417 g/mol. The molecule has 8 nitrogen and oxygen atoms in total. The Labute approximate surface area is 175 Å². The molecule has 0 aliphatic rings. The molecule has 0 saturated heterocycles. The van der Waals surface area contributed by atoms with Crippen molar-refractivity contribution in [2.75, 3.05) is 32.2 Å². The van der Waals surface area contributed by atoms with Crippen LogP contribution < -0.4 is 10.1 Å². The molecule has 0 aliphatic heterocycles. The summed E-state index contributed by atoms with van der Waals surface area (Å²) in [5.74, 6) is 0.439. The molecule has 0 saturated carbocycles. The van der Waals surface area contributed by atoms with Crippen LogP contribution in [0.1, 0.15) is 35.4 Å². The van der Waals surface area contributed by atoms with Crippen molar-refractivity contribution in [1.29, 1.82) is 0 Å². The molecule has 1 amide bonds. The van der Waals surface area contributed by atoms with Crippen LogP contribution >= 0.6 is 0 Å². The number of nitrogens with one attached hydrogen (secondary N) is 1. The summed E-state index contributed by atoms with van der Waals surface area (Å²) in [4.78, 5) is 23.9. The van der Waals surface area contributed by atoms with Gasteiger partial charge in [-0.3, -0.25) is 10.1 Å². The largest absolute Gasteiger partial charge is 0.491 e. The molecule has 0 heterocycles. The number of carbonyl (C=O) groups is 2. The van der Waals surface area contributed by atoms with Crippen molar-refractivity contribution in [2.45, 2.75) is 25.6 Å². The lowest BCUT2D eigenvalue weighted by Crippen LogP contribution is -2.29. The summed E-state index contributed by atoms with van der Waals surface area (Å²) in [7, 11) is 1.47. The molecule has 2 aromatic rings. The van der Waals surface area contributed by atoms with Crippen LogP contribution in [0.4, 0.5) is 10.5 Å². The Kier molecular flexibility index (Phi) is 9.27. The topological polar surface area (TPSA) is 114 Å². The highest BCUT2D eigenvalue weighted by Crippen LogP contribution is 2.29. The number of rotatable bonds is 11. The first kappa shape index (κ1) is 23.3. The second-order valence-electron chi connectivity index (χ2n) is 6.52. The van der Waals surface area contributed by atoms with Gasteiger partial charge in [-0.05, 0) is 48.9 Å². The van der Waals surface area contributed by atoms with E-state index in [2.05, 4.69) is 5.32 Å². The van der Waals surface area contributed by atoms with E-state index in [1.165, 1.54) is 14.0 Å². The molecular weight excluding hydrogens is 390 g/mol. The Hall–Kier alpha value is -2.94. The van der Waals surface area contributed by atoms with Gasteiger partial charge >= 0.3 is 6.09 Å². The molecule has 2 atom stereocenters. The van der Waals surface area contributed by atoms with Gasteiger partial charge in [0.15, 0.2) is 11.9 Å². The van der Waals surface area contributed by atoms with Crippen molar-refractivity contribution in [3.8, 4) is 5.75 Å². The first-order valence-corrected chi connectivity index (χ1v) is 9.54. The molecule has 0 radical (unpaired) electrons. The van der Waals surface area contributed by atoms with Gasteiger partial charge in [0.2, 0.25) is 0 Å². The molecule has 2 rings (SSSR count). The predicted molar refractivity (Wildman–Crippen MR) is 111 cm³/mol. The fourth-order valence-corrected chi connectivity index (χ4v) is 2.87. The number of benzene rings is 2. The average Bonchev–Trinajstić information content (AvgIpc) is 2.75. The highest BCUT2D eigenvalue weighted by molar-refractivity contribution is 5.95. The standard InChI is InChI=1S/C22H27NO7/c1-15(26)16-6-8-18(9-7-16)23-22(27)30-21(20(28-2)10-11-24)17-4-3-5-19(14-17)29-13-12-25/h3-9,14,20-21,24-25H,10-13H2,1-2H3,(H,23,27)/t20-,21-/m1/s1. The summed E-state index contributed by atoms with van der Waals surface area (Å²) in [6, 6.07) is 13.4. The van der Waals surface area contributed by atoms with E-state index in [9.17, 15) is 14.7 Å². The lowest BCUT2D eigenvalue weighted by Gasteiger charge is -2.26. The number of ether oxygens (including phenoxy) is 3. The maximum Gasteiger partial charge on any atom is 0.412 e. The third-order valence-corrected chi connectivity index (χ3v) is 4.37. The summed E-state index contributed by atoms with van der Waals surface area (Å²) < 4.78 is 16.5. The van der Waals surface area contributed by atoms with Gasteiger partial charge in [0.25, 0.3) is 0 Å². The summed E-state index contributed by atoms with van der Waals surface area (Å²) in [6.45, 7) is 1.33. The molecule has 0 aromatic heterocycles. The Morgan fingerprint density at radius 1 is 1.07 bits per heavy atom. The van der Waals surface area contributed by atoms with Crippen LogP contribution in [0.2, 0.25) is 0 Å². The van der Waals surface area contributed by atoms with Crippen LogP contribution in [-0.4, -0.2) is 55.1 Å². The second kappa shape index (κ2) is 11.9. The minimum absolute atomic E-state index is 0.0700. The number of amides is 1. The zero-order chi connectivity index (χ0) is 21.9. The van der Waals surface area contributed by atoms with E-state index in [4.69, 9.17) is 19.3 Å². The van der Waals surface area contributed by atoms with Crippen LogP contribution in [0.15, 0.2) is 48.5 Å². The maximum atomic E-state index is 12.5. The van der Waals surface area contributed by atoms with Crippen LogP contribution in [0.5, 0.6) is 5.75 Å². The van der Waals surface area contributed by atoms with E-state index in [0.29, 0.717) is 22.6 Å². The second-order valence-corrected chi connectivity index (χ2v) is 6.52. The molecule has 162 valence electrons. The fraction of sp³-hybridized carbons (Fsp3) is 0.364.